The molecule has 0 aliphatic heterocycles. The lowest BCUT2D eigenvalue weighted by Gasteiger charge is -2.21. The molecule has 126 valence electrons. The first-order chi connectivity index (χ1) is 10.2. The number of rotatable bonds is 4. The third-order valence-corrected chi connectivity index (χ3v) is 4.55. The van der Waals surface area contributed by atoms with Crippen molar-refractivity contribution in [2.75, 3.05) is 12.3 Å². The number of hydrogen-bond donors (Lipinski definition) is 1. The lowest BCUT2D eigenvalue weighted by Crippen LogP contribution is -2.20. The SMILES string of the molecule is Br.CC(C)(C)c1nc(N)sc1C(C[N+](=O)[O-])c1ccc(Cl)cc1. The van der Waals surface area contributed by atoms with Gasteiger partial charge in [-0.25, -0.2) is 4.98 Å². The van der Waals surface area contributed by atoms with E-state index < -0.39 is 0 Å². The Hall–Kier alpha value is -1.18. The molecule has 23 heavy (non-hydrogen) atoms. The van der Waals surface area contributed by atoms with Crippen LogP contribution < -0.4 is 5.73 Å². The summed E-state index contributed by atoms with van der Waals surface area (Å²) in [4.78, 5) is 16.1. The predicted molar refractivity (Wildman–Crippen MR) is 101 cm³/mol. The minimum atomic E-state index is -0.378. The molecule has 8 heteroatoms. The molecule has 0 saturated heterocycles. The van der Waals surface area contributed by atoms with Crippen LogP contribution in [0, 0.1) is 10.1 Å². The number of nitrogen functional groups attached to an aromatic ring is 1. The van der Waals surface area contributed by atoms with E-state index in [1.54, 1.807) is 12.1 Å². The minimum absolute atomic E-state index is 0. The molecule has 5 nitrogen and oxygen atoms in total. The van der Waals surface area contributed by atoms with Crippen molar-refractivity contribution >= 4 is 45.1 Å². The lowest BCUT2D eigenvalue weighted by atomic mass is 9.86. The fraction of sp³-hybridized carbons (Fsp3) is 0.400. The van der Waals surface area contributed by atoms with Gasteiger partial charge in [-0.1, -0.05) is 44.5 Å². The topological polar surface area (TPSA) is 82.0 Å². The van der Waals surface area contributed by atoms with E-state index in [2.05, 4.69) is 4.98 Å². The van der Waals surface area contributed by atoms with Crippen molar-refractivity contribution in [3.63, 3.8) is 0 Å². The molecular formula is C15H19BrClN3O2S. The lowest BCUT2D eigenvalue weighted by molar-refractivity contribution is -0.481. The fourth-order valence-electron chi connectivity index (χ4n) is 2.31. The normalized spacial score (nSPS) is 12.5. The van der Waals surface area contributed by atoms with Crippen molar-refractivity contribution in [1.29, 1.82) is 0 Å². The van der Waals surface area contributed by atoms with Crippen LogP contribution >= 0.6 is 39.9 Å². The number of aromatic nitrogens is 1. The highest BCUT2D eigenvalue weighted by Gasteiger charge is 2.31. The summed E-state index contributed by atoms with van der Waals surface area (Å²) in [6, 6.07) is 7.12. The number of anilines is 1. The van der Waals surface area contributed by atoms with Gasteiger partial charge in [-0.05, 0) is 17.7 Å². The molecule has 0 radical (unpaired) electrons. The van der Waals surface area contributed by atoms with Crippen molar-refractivity contribution in [2.45, 2.75) is 32.1 Å². The Labute approximate surface area is 154 Å². The number of halogens is 2. The molecule has 0 amide bonds. The van der Waals surface area contributed by atoms with E-state index >= 15 is 0 Å². The number of nitrogens with zero attached hydrogens (tertiary/aromatic N) is 2. The van der Waals surface area contributed by atoms with Gasteiger partial charge in [-0.15, -0.1) is 28.3 Å². The fourth-order valence-corrected chi connectivity index (χ4v) is 3.60. The van der Waals surface area contributed by atoms with Gasteiger partial charge in [0.2, 0.25) is 6.54 Å². The average molecular weight is 421 g/mol. The van der Waals surface area contributed by atoms with E-state index in [0.29, 0.717) is 10.2 Å². The van der Waals surface area contributed by atoms with Crippen molar-refractivity contribution < 1.29 is 4.92 Å². The number of thiazole rings is 1. The van der Waals surface area contributed by atoms with Crippen molar-refractivity contribution in [2.24, 2.45) is 0 Å². The summed E-state index contributed by atoms with van der Waals surface area (Å²) < 4.78 is 0. The zero-order valence-corrected chi connectivity index (χ0v) is 16.4. The first-order valence-corrected chi connectivity index (χ1v) is 8.02. The summed E-state index contributed by atoms with van der Waals surface area (Å²) >= 11 is 7.23. The highest BCUT2D eigenvalue weighted by atomic mass is 79.9. The molecule has 0 aliphatic carbocycles. The Morgan fingerprint density at radius 2 is 1.91 bits per heavy atom. The highest BCUT2D eigenvalue weighted by molar-refractivity contribution is 8.93. The van der Waals surface area contributed by atoms with Gasteiger partial charge in [-0.3, -0.25) is 10.1 Å². The van der Waals surface area contributed by atoms with Crippen LogP contribution in [0.1, 0.15) is 42.8 Å². The maximum absolute atomic E-state index is 11.1. The van der Waals surface area contributed by atoms with Crippen LogP contribution in [-0.4, -0.2) is 16.5 Å². The van der Waals surface area contributed by atoms with Crippen LogP contribution in [0.25, 0.3) is 0 Å². The summed E-state index contributed by atoms with van der Waals surface area (Å²) in [5.41, 5.74) is 7.29. The van der Waals surface area contributed by atoms with Gasteiger partial charge in [0, 0.05) is 20.2 Å². The summed E-state index contributed by atoms with van der Waals surface area (Å²) in [5, 5.41) is 12.2. The zero-order chi connectivity index (χ0) is 16.5. The zero-order valence-electron chi connectivity index (χ0n) is 13.1. The molecule has 1 aromatic heterocycles. The van der Waals surface area contributed by atoms with E-state index in [4.69, 9.17) is 17.3 Å². The molecule has 0 fully saturated rings. The number of nitro groups is 1. The van der Waals surface area contributed by atoms with Crippen LogP contribution in [0.2, 0.25) is 5.02 Å². The van der Waals surface area contributed by atoms with Crippen LogP contribution in [0.4, 0.5) is 5.13 Å². The Morgan fingerprint density at radius 3 is 2.39 bits per heavy atom. The van der Waals surface area contributed by atoms with Gasteiger partial charge in [0.25, 0.3) is 0 Å². The predicted octanol–water partition coefficient (Wildman–Crippen LogP) is 4.66. The second-order valence-electron chi connectivity index (χ2n) is 6.13. The summed E-state index contributed by atoms with van der Waals surface area (Å²) in [5.74, 6) is -0.378. The van der Waals surface area contributed by atoms with Crippen LogP contribution in [0.3, 0.4) is 0 Å². The molecule has 0 spiro atoms. The molecule has 2 aromatic rings. The van der Waals surface area contributed by atoms with Gasteiger partial charge in [0.05, 0.1) is 11.6 Å². The summed E-state index contributed by atoms with van der Waals surface area (Å²) in [7, 11) is 0. The molecule has 0 saturated carbocycles. The molecule has 0 bridgehead atoms. The summed E-state index contributed by atoms with van der Waals surface area (Å²) in [6.45, 7) is 5.87. The molecule has 1 atom stereocenters. The standard InChI is InChI=1S/C15H18ClN3O2S.BrH/c1-15(2,3)13-12(22-14(17)18-13)11(8-19(20)21)9-4-6-10(16)7-5-9;/h4-7,11H,8H2,1-3H3,(H2,17,18);1H. The largest absolute Gasteiger partial charge is 0.375 e. The van der Waals surface area contributed by atoms with E-state index in [9.17, 15) is 10.1 Å². The van der Waals surface area contributed by atoms with E-state index in [-0.39, 0.29) is 39.8 Å². The van der Waals surface area contributed by atoms with Crippen molar-refractivity contribution in [3.8, 4) is 0 Å². The van der Waals surface area contributed by atoms with E-state index in [1.165, 1.54) is 11.3 Å². The highest BCUT2D eigenvalue weighted by Crippen LogP contribution is 2.39. The second kappa shape index (κ2) is 7.59. The molecule has 1 unspecified atom stereocenters. The number of benzene rings is 1. The monoisotopic (exact) mass is 419 g/mol. The average Bonchev–Trinajstić information content (AvgIpc) is 2.79. The molecular weight excluding hydrogens is 402 g/mol. The van der Waals surface area contributed by atoms with Gasteiger partial charge in [-0.2, -0.15) is 0 Å². The van der Waals surface area contributed by atoms with Crippen LogP contribution in [-0.2, 0) is 5.41 Å². The van der Waals surface area contributed by atoms with Crippen molar-refractivity contribution in [1.82, 2.24) is 4.98 Å². The molecule has 2 N–H and O–H groups in total. The molecule has 0 aliphatic rings. The second-order valence-corrected chi connectivity index (χ2v) is 7.63. The van der Waals surface area contributed by atoms with E-state index in [0.717, 1.165) is 16.1 Å². The summed E-state index contributed by atoms with van der Waals surface area (Å²) in [6.07, 6.45) is 0. The van der Waals surface area contributed by atoms with Gasteiger partial charge < -0.3 is 5.73 Å². The van der Waals surface area contributed by atoms with Gasteiger partial charge in [0.15, 0.2) is 5.13 Å². The maximum atomic E-state index is 11.1. The molecule has 1 aromatic carbocycles. The third kappa shape index (κ3) is 4.89. The Bertz CT molecular complexity index is 683. The Kier molecular flexibility index (Phi) is 6.56. The minimum Gasteiger partial charge on any atom is -0.375 e. The Balaban J connectivity index is 0.00000264. The number of hydrogen-bond acceptors (Lipinski definition) is 5. The molecule has 2 rings (SSSR count). The first kappa shape index (κ1) is 19.9. The first-order valence-electron chi connectivity index (χ1n) is 6.82. The number of nitrogens with two attached hydrogens (primary N) is 1. The van der Waals surface area contributed by atoms with Gasteiger partial charge in [0.1, 0.15) is 0 Å². The molecule has 1 heterocycles. The maximum Gasteiger partial charge on any atom is 0.215 e. The van der Waals surface area contributed by atoms with E-state index in [1.807, 2.05) is 32.9 Å². The smallest absolute Gasteiger partial charge is 0.215 e. The third-order valence-electron chi connectivity index (χ3n) is 3.30. The van der Waals surface area contributed by atoms with Crippen LogP contribution in [0.15, 0.2) is 24.3 Å². The Morgan fingerprint density at radius 1 is 1.35 bits per heavy atom. The van der Waals surface area contributed by atoms with Crippen molar-refractivity contribution in [3.05, 3.63) is 55.5 Å². The van der Waals surface area contributed by atoms with Crippen LogP contribution in [0.5, 0.6) is 0 Å². The quantitative estimate of drug-likeness (QED) is 0.576. The van der Waals surface area contributed by atoms with Gasteiger partial charge >= 0.3 is 0 Å².